The predicted molar refractivity (Wildman–Crippen MR) is 126 cm³/mol. The van der Waals surface area contributed by atoms with Crippen LogP contribution in [0.1, 0.15) is 56.1 Å². The van der Waals surface area contributed by atoms with Crippen molar-refractivity contribution >= 4 is 27.8 Å². The highest BCUT2D eigenvalue weighted by molar-refractivity contribution is 7.91. The summed E-state index contributed by atoms with van der Waals surface area (Å²) in [6.07, 6.45) is 0.944. The SMILES string of the molecule is COC(=O)CCC1(C2CN(c3ccc4c(c3)CCN(C(=O)C(F)(F)F)CC4)S(=O)(=O)N2)CCCCC1. The van der Waals surface area contributed by atoms with Gasteiger partial charge in [0.25, 0.3) is 0 Å². The summed E-state index contributed by atoms with van der Waals surface area (Å²) in [5, 5.41) is 0. The number of hydrogen-bond donors (Lipinski definition) is 1. The van der Waals surface area contributed by atoms with Crippen LogP contribution in [-0.4, -0.2) is 64.2 Å². The van der Waals surface area contributed by atoms with Gasteiger partial charge in [-0.15, -0.1) is 0 Å². The molecule has 200 valence electrons. The average molecular weight is 532 g/mol. The second-order valence-corrected chi connectivity index (χ2v) is 11.6. The quantitative estimate of drug-likeness (QED) is 0.590. The normalized spacial score (nSPS) is 23.6. The van der Waals surface area contributed by atoms with Crippen molar-refractivity contribution in [1.29, 1.82) is 0 Å². The van der Waals surface area contributed by atoms with Crippen LogP contribution in [0, 0.1) is 5.41 Å². The van der Waals surface area contributed by atoms with Crippen molar-refractivity contribution in [2.45, 2.75) is 70.0 Å². The van der Waals surface area contributed by atoms with E-state index in [1.165, 1.54) is 11.4 Å². The van der Waals surface area contributed by atoms with Gasteiger partial charge in [0.2, 0.25) is 0 Å². The molecule has 12 heteroatoms. The average Bonchev–Trinajstić information content (AvgIpc) is 3.03. The van der Waals surface area contributed by atoms with E-state index in [0.29, 0.717) is 12.1 Å². The van der Waals surface area contributed by atoms with Crippen molar-refractivity contribution in [1.82, 2.24) is 9.62 Å². The van der Waals surface area contributed by atoms with Gasteiger partial charge in [-0.2, -0.15) is 26.3 Å². The van der Waals surface area contributed by atoms with E-state index in [1.807, 2.05) is 0 Å². The Bertz CT molecular complexity index is 1100. The number of alkyl halides is 3. The molecule has 0 bridgehead atoms. The van der Waals surface area contributed by atoms with E-state index in [2.05, 4.69) is 4.72 Å². The second kappa shape index (κ2) is 10.2. The highest BCUT2D eigenvalue weighted by Crippen LogP contribution is 2.46. The first-order valence-electron chi connectivity index (χ1n) is 12.3. The van der Waals surface area contributed by atoms with Crippen LogP contribution in [0.5, 0.6) is 0 Å². The Hall–Kier alpha value is -2.34. The molecule has 1 saturated heterocycles. The first-order chi connectivity index (χ1) is 16.9. The number of fused-ring (bicyclic) bond motifs is 1. The van der Waals surface area contributed by atoms with Gasteiger partial charge in [0.1, 0.15) is 0 Å². The van der Waals surface area contributed by atoms with Gasteiger partial charge in [0, 0.05) is 25.6 Å². The van der Waals surface area contributed by atoms with E-state index in [0.717, 1.165) is 48.1 Å². The van der Waals surface area contributed by atoms with Crippen molar-refractivity contribution in [3.05, 3.63) is 29.3 Å². The topological polar surface area (TPSA) is 96.0 Å². The number of rotatable bonds is 5. The van der Waals surface area contributed by atoms with Gasteiger partial charge in [0.05, 0.1) is 19.3 Å². The zero-order valence-corrected chi connectivity index (χ0v) is 21.1. The molecule has 8 nitrogen and oxygen atoms in total. The number of esters is 1. The van der Waals surface area contributed by atoms with Gasteiger partial charge in [-0.1, -0.05) is 25.3 Å². The summed E-state index contributed by atoms with van der Waals surface area (Å²) in [5.41, 5.74) is 1.64. The maximum atomic E-state index is 13.2. The minimum absolute atomic E-state index is 0.0426. The molecule has 36 heavy (non-hydrogen) atoms. The standard InChI is InChI=1S/C24H32F3N3O5S/c1-35-21(31)7-12-23(10-3-2-4-11-23)20-16-30(36(33,34)28-20)19-6-5-17-8-13-29(14-9-18(17)15-19)22(32)24(25,26)27/h5-6,15,20,28H,2-4,7-14,16H2,1H3. The molecule has 1 N–H and O–H groups in total. The van der Waals surface area contributed by atoms with Crippen LogP contribution in [0.15, 0.2) is 18.2 Å². The number of nitrogens with one attached hydrogen (secondary N) is 1. The minimum Gasteiger partial charge on any atom is -0.469 e. The Balaban J connectivity index is 1.54. The monoisotopic (exact) mass is 531 g/mol. The smallest absolute Gasteiger partial charge is 0.469 e. The molecule has 2 fully saturated rings. The molecule has 4 rings (SSSR count). The fourth-order valence-electron chi connectivity index (χ4n) is 5.84. The summed E-state index contributed by atoms with van der Waals surface area (Å²) in [6.45, 7) is 0.0824. The van der Waals surface area contributed by atoms with Gasteiger partial charge in [-0.3, -0.25) is 13.9 Å². The van der Waals surface area contributed by atoms with Crippen molar-refractivity contribution < 1.29 is 35.9 Å². The Kier molecular flexibility index (Phi) is 7.57. The molecule has 1 aliphatic carbocycles. The predicted octanol–water partition coefficient (Wildman–Crippen LogP) is 3.10. The molecule has 0 radical (unpaired) electrons. The molecular formula is C24H32F3N3O5S. The molecule has 1 unspecified atom stereocenters. The maximum Gasteiger partial charge on any atom is 0.471 e. The van der Waals surface area contributed by atoms with Gasteiger partial charge in [-0.05, 0) is 60.8 Å². The zero-order valence-electron chi connectivity index (χ0n) is 20.3. The van der Waals surface area contributed by atoms with Crippen molar-refractivity contribution in [2.24, 2.45) is 5.41 Å². The second-order valence-electron chi connectivity index (χ2n) is 9.95. The molecule has 0 aromatic heterocycles. The Morgan fingerprint density at radius 3 is 2.42 bits per heavy atom. The number of halogens is 3. The third kappa shape index (κ3) is 5.49. The lowest BCUT2D eigenvalue weighted by atomic mass is 9.66. The Morgan fingerprint density at radius 2 is 1.78 bits per heavy atom. The summed E-state index contributed by atoms with van der Waals surface area (Å²) in [7, 11) is -2.51. The summed E-state index contributed by atoms with van der Waals surface area (Å²) < 4.78 is 74.0. The fraction of sp³-hybridized carbons (Fsp3) is 0.667. The van der Waals surface area contributed by atoms with Crippen LogP contribution >= 0.6 is 0 Å². The van der Waals surface area contributed by atoms with Gasteiger partial charge in [0.15, 0.2) is 0 Å². The molecule has 1 amide bonds. The van der Waals surface area contributed by atoms with Crippen LogP contribution in [0.3, 0.4) is 0 Å². The number of amides is 1. The molecule has 1 saturated carbocycles. The van der Waals surface area contributed by atoms with E-state index in [4.69, 9.17) is 4.74 Å². The molecule has 3 aliphatic rings. The third-order valence-corrected chi connectivity index (χ3v) is 9.41. The first kappa shape index (κ1) is 26.7. The largest absolute Gasteiger partial charge is 0.471 e. The fourth-order valence-corrected chi connectivity index (χ4v) is 7.39. The van der Waals surface area contributed by atoms with Crippen LogP contribution < -0.4 is 9.03 Å². The maximum absolute atomic E-state index is 13.2. The number of hydrogen-bond acceptors (Lipinski definition) is 5. The van der Waals surface area contributed by atoms with Crippen LogP contribution in [0.2, 0.25) is 0 Å². The van der Waals surface area contributed by atoms with E-state index < -0.39 is 22.3 Å². The highest BCUT2D eigenvalue weighted by Gasteiger charge is 2.48. The minimum atomic E-state index is -4.92. The number of benzene rings is 1. The number of ether oxygens (including phenoxy) is 1. The summed E-state index contributed by atoms with van der Waals surface area (Å²) in [4.78, 5) is 24.3. The van der Waals surface area contributed by atoms with Crippen LogP contribution in [0.4, 0.5) is 18.9 Å². The molecule has 2 aliphatic heterocycles. The third-order valence-electron chi connectivity index (χ3n) is 7.88. The summed E-state index contributed by atoms with van der Waals surface area (Å²) in [6, 6.07) is 4.75. The zero-order chi connectivity index (χ0) is 26.1. The van der Waals surface area contributed by atoms with Gasteiger partial charge >= 0.3 is 28.3 Å². The lowest BCUT2D eigenvalue weighted by molar-refractivity contribution is -0.185. The van der Waals surface area contributed by atoms with Crippen molar-refractivity contribution in [3.8, 4) is 0 Å². The van der Waals surface area contributed by atoms with Crippen molar-refractivity contribution in [2.75, 3.05) is 31.0 Å². The molecule has 1 aromatic rings. The van der Waals surface area contributed by atoms with Crippen LogP contribution in [-0.2, 0) is 37.4 Å². The molecule has 1 aromatic carbocycles. The number of carbonyl (C=O) groups is 2. The first-order valence-corrected chi connectivity index (χ1v) is 13.7. The number of methoxy groups -OCH3 is 1. The number of anilines is 1. The Morgan fingerprint density at radius 1 is 1.11 bits per heavy atom. The van der Waals surface area contributed by atoms with E-state index in [1.54, 1.807) is 18.2 Å². The summed E-state index contributed by atoms with van der Waals surface area (Å²) >= 11 is 0. The molecule has 0 spiro atoms. The Labute approximate surface area is 209 Å². The molecular weight excluding hydrogens is 499 g/mol. The van der Waals surface area contributed by atoms with E-state index >= 15 is 0 Å². The van der Waals surface area contributed by atoms with E-state index in [9.17, 15) is 31.2 Å². The molecule has 2 heterocycles. The number of carbonyl (C=O) groups excluding carboxylic acids is 2. The van der Waals surface area contributed by atoms with Crippen LogP contribution in [0.25, 0.3) is 0 Å². The number of nitrogens with zero attached hydrogens (tertiary/aromatic N) is 2. The van der Waals surface area contributed by atoms with E-state index in [-0.39, 0.29) is 56.3 Å². The van der Waals surface area contributed by atoms with Gasteiger partial charge in [-0.25, -0.2) is 0 Å². The summed E-state index contributed by atoms with van der Waals surface area (Å²) in [5.74, 6) is -2.17. The highest BCUT2D eigenvalue weighted by atomic mass is 32.2. The lowest BCUT2D eigenvalue weighted by Gasteiger charge is -2.41. The van der Waals surface area contributed by atoms with Gasteiger partial charge < -0.3 is 9.64 Å². The van der Waals surface area contributed by atoms with Crippen molar-refractivity contribution in [3.63, 3.8) is 0 Å². The molecule has 1 atom stereocenters. The lowest BCUT2D eigenvalue weighted by Crippen LogP contribution is -2.45.